The monoisotopic (exact) mass is 595 g/mol. The fourth-order valence-corrected chi connectivity index (χ4v) is 5.24. The number of unbranched alkanes of at least 4 members (excludes halogenated alkanes) is 4. The molecule has 0 aromatic carbocycles. The fraction of sp³-hybridized carbons (Fsp3) is 0.889. The van der Waals surface area contributed by atoms with Crippen LogP contribution in [0.4, 0.5) is 0 Å². The zero-order valence-corrected chi connectivity index (χ0v) is 29.6. The van der Waals surface area contributed by atoms with E-state index in [0.717, 1.165) is 63.2 Å². The van der Waals surface area contributed by atoms with Gasteiger partial charge in [-0.3, -0.25) is 19.2 Å². The Kier molecular flexibility index (Phi) is 27.1. The summed E-state index contributed by atoms with van der Waals surface area (Å²) in [5.74, 6) is 3.87. The number of rotatable bonds is 12. The molecule has 248 valence electrons. The highest BCUT2D eigenvalue weighted by Crippen LogP contribution is 2.30. The molecule has 0 unspecified atom stereocenters. The van der Waals surface area contributed by atoms with Crippen molar-refractivity contribution < 1.29 is 19.2 Å². The average Bonchev–Trinajstić information content (AvgIpc) is 2.98. The maximum atomic E-state index is 11.5. The lowest BCUT2D eigenvalue weighted by Gasteiger charge is -2.27. The summed E-state index contributed by atoms with van der Waals surface area (Å²) in [4.78, 5) is 47.8. The van der Waals surface area contributed by atoms with E-state index in [-0.39, 0.29) is 5.91 Å². The standard InChI is InChI=1S/C10H19NO.C10H18O.C8H17NO.C8H16O/c1-8-4-6-9(7-5-8)10(12)11(2)3;1-3-10(11)9-6-4-8(2)5-7-9;1-4-5-6-7-8(10)9(2)3;1-3-5-6-7-8(9)4-2/h8-9H,4-7H2,1-3H3;8-9H,3-7H2,1-2H3;4-7H2,1-3H3;3-7H2,1-2H3. The van der Waals surface area contributed by atoms with E-state index < -0.39 is 0 Å². The van der Waals surface area contributed by atoms with Gasteiger partial charge in [0.05, 0.1) is 0 Å². The van der Waals surface area contributed by atoms with Gasteiger partial charge in [-0.05, 0) is 63.2 Å². The molecule has 2 aliphatic rings. The molecule has 0 atom stereocenters. The van der Waals surface area contributed by atoms with Crippen molar-refractivity contribution in [1.82, 2.24) is 9.80 Å². The van der Waals surface area contributed by atoms with E-state index in [1.165, 1.54) is 51.4 Å². The zero-order chi connectivity index (χ0) is 32.5. The van der Waals surface area contributed by atoms with Crippen LogP contribution in [0.5, 0.6) is 0 Å². The molecular formula is C36H70N2O4. The molecule has 0 aliphatic heterocycles. The lowest BCUT2D eigenvalue weighted by molar-refractivity contribution is -0.134. The van der Waals surface area contributed by atoms with E-state index >= 15 is 0 Å². The van der Waals surface area contributed by atoms with Crippen molar-refractivity contribution in [2.75, 3.05) is 28.2 Å². The third-order valence-electron chi connectivity index (χ3n) is 8.57. The molecule has 0 aromatic heterocycles. The SMILES string of the molecule is CC1CCC(C(=O)N(C)C)CC1.CCC(=O)C1CCC(C)CC1.CCCCCC(=O)CC.CCCCCC(=O)N(C)C. The van der Waals surface area contributed by atoms with E-state index in [0.29, 0.717) is 42.2 Å². The Morgan fingerprint density at radius 2 is 0.976 bits per heavy atom. The van der Waals surface area contributed by atoms with E-state index in [1.807, 2.05) is 27.9 Å². The first-order chi connectivity index (χ1) is 19.8. The number of hydrogen-bond donors (Lipinski definition) is 0. The van der Waals surface area contributed by atoms with Gasteiger partial charge in [0.2, 0.25) is 11.8 Å². The maximum Gasteiger partial charge on any atom is 0.225 e. The minimum atomic E-state index is 0.244. The highest BCUT2D eigenvalue weighted by Gasteiger charge is 2.25. The summed E-state index contributed by atoms with van der Waals surface area (Å²) < 4.78 is 0. The summed E-state index contributed by atoms with van der Waals surface area (Å²) in [6.45, 7) is 12.7. The molecule has 2 amide bonds. The second kappa shape index (κ2) is 26.9. The van der Waals surface area contributed by atoms with Gasteiger partial charge in [0.25, 0.3) is 0 Å². The van der Waals surface area contributed by atoms with Crippen LogP contribution in [0.3, 0.4) is 0 Å². The molecule has 0 aromatic rings. The van der Waals surface area contributed by atoms with Crippen LogP contribution >= 0.6 is 0 Å². The summed E-state index contributed by atoms with van der Waals surface area (Å²) in [6, 6.07) is 0. The fourth-order valence-electron chi connectivity index (χ4n) is 5.24. The van der Waals surface area contributed by atoms with Gasteiger partial charge in [-0.1, -0.05) is 80.1 Å². The summed E-state index contributed by atoms with van der Waals surface area (Å²) in [5.41, 5.74) is 0. The Morgan fingerprint density at radius 3 is 1.33 bits per heavy atom. The lowest BCUT2D eigenvalue weighted by Crippen LogP contribution is -2.31. The third-order valence-corrected chi connectivity index (χ3v) is 8.57. The van der Waals surface area contributed by atoms with Crippen LogP contribution < -0.4 is 0 Å². The van der Waals surface area contributed by atoms with Crippen LogP contribution in [0.25, 0.3) is 0 Å². The smallest absolute Gasteiger partial charge is 0.225 e. The lowest BCUT2D eigenvalue weighted by atomic mass is 9.80. The number of ketones is 2. The summed E-state index contributed by atoms with van der Waals surface area (Å²) >= 11 is 0. The van der Waals surface area contributed by atoms with E-state index in [2.05, 4.69) is 27.7 Å². The highest BCUT2D eigenvalue weighted by atomic mass is 16.2. The second-order valence-electron chi connectivity index (χ2n) is 13.1. The molecule has 2 saturated carbocycles. The average molecular weight is 595 g/mol. The summed E-state index contributed by atoms with van der Waals surface area (Å²) in [7, 11) is 7.29. The topological polar surface area (TPSA) is 74.8 Å². The molecule has 2 aliphatic carbocycles. The van der Waals surface area contributed by atoms with Crippen molar-refractivity contribution >= 4 is 23.4 Å². The molecule has 0 heterocycles. The third kappa shape index (κ3) is 22.8. The van der Waals surface area contributed by atoms with Crippen LogP contribution in [0.15, 0.2) is 0 Å². The predicted octanol–water partition coefficient (Wildman–Crippen LogP) is 8.89. The minimum Gasteiger partial charge on any atom is -0.349 e. The zero-order valence-electron chi connectivity index (χ0n) is 29.6. The van der Waals surface area contributed by atoms with Gasteiger partial charge in [0.15, 0.2) is 0 Å². The van der Waals surface area contributed by atoms with Crippen LogP contribution in [-0.2, 0) is 19.2 Å². The van der Waals surface area contributed by atoms with Crippen LogP contribution in [0, 0.1) is 23.7 Å². The first-order valence-electron chi connectivity index (χ1n) is 17.3. The van der Waals surface area contributed by atoms with Crippen molar-refractivity contribution in [2.24, 2.45) is 23.7 Å². The summed E-state index contributed by atoms with van der Waals surface area (Å²) in [6.07, 6.45) is 19.3. The van der Waals surface area contributed by atoms with Gasteiger partial charge >= 0.3 is 0 Å². The van der Waals surface area contributed by atoms with Crippen LogP contribution in [0.2, 0.25) is 0 Å². The van der Waals surface area contributed by atoms with Crippen LogP contribution in [-0.4, -0.2) is 61.4 Å². The number of hydrogen-bond acceptors (Lipinski definition) is 4. The normalized spacial score (nSPS) is 21.2. The number of Topliss-reactive ketones (excluding diaryl/α,β-unsaturated/α-hetero) is 2. The van der Waals surface area contributed by atoms with Crippen molar-refractivity contribution in [3.63, 3.8) is 0 Å². The minimum absolute atomic E-state index is 0.244. The van der Waals surface area contributed by atoms with Crippen molar-refractivity contribution in [1.29, 1.82) is 0 Å². The number of nitrogens with zero attached hydrogens (tertiary/aromatic N) is 2. The van der Waals surface area contributed by atoms with E-state index in [9.17, 15) is 19.2 Å². The van der Waals surface area contributed by atoms with Gasteiger partial charge in [-0.2, -0.15) is 0 Å². The number of amides is 2. The highest BCUT2D eigenvalue weighted by molar-refractivity contribution is 5.80. The van der Waals surface area contributed by atoms with Gasteiger partial charge in [0.1, 0.15) is 11.6 Å². The Labute approximate surface area is 261 Å². The Bertz CT molecular complexity index is 703. The maximum absolute atomic E-state index is 11.5. The van der Waals surface area contributed by atoms with Gasteiger partial charge in [0, 0.05) is 65.7 Å². The number of carbonyl (C=O) groups is 4. The molecule has 6 nitrogen and oxygen atoms in total. The van der Waals surface area contributed by atoms with Crippen molar-refractivity contribution in [2.45, 2.75) is 157 Å². The largest absolute Gasteiger partial charge is 0.349 e. The molecule has 2 fully saturated rings. The quantitative estimate of drug-likeness (QED) is 0.211. The molecule has 6 heteroatoms. The molecule has 2 rings (SSSR count). The Hall–Kier alpha value is -1.72. The molecule has 42 heavy (non-hydrogen) atoms. The van der Waals surface area contributed by atoms with Crippen molar-refractivity contribution in [3.05, 3.63) is 0 Å². The summed E-state index contributed by atoms with van der Waals surface area (Å²) in [5, 5.41) is 0. The Morgan fingerprint density at radius 1 is 0.548 bits per heavy atom. The second-order valence-corrected chi connectivity index (χ2v) is 13.1. The molecule has 0 spiro atoms. The van der Waals surface area contributed by atoms with E-state index in [1.54, 1.807) is 23.9 Å². The molecule has 0 bridgehead atoms. The van der Waals surface area contributed by atoms with E-state index in [4.69, 9.17) is 0 Å². The molecule has 0 radical (unpaired) electrons. The predicted molar refractivity (Wildman–Crippen MR) is 179 cm³/mol. The first-order valence-corrected chi connectivity index (χ1v) is 17.3. The Balaban J connectivity index is 0. The van der Waals surface area contributed by atoms with Gasteiger partial charge in [-0.25, -0.2) is 0 Å². The molecular weight excluding hydrogens is 524 g/mol. The van der Waals surface area contributed by atoms with Crippen LogP contribution in [0.1, 0.15) is 157 Å². The number of carbonyl (C=O) groups excluding carboxylic acids is 4. The first kappa shape index (κ1) is 42.4. The van der Waals surface area contributed by atoms with Gasteiger partial charge in [-0.15, -0.1) is 0 Å². The molecule has 0 N–H and O–H groups in total. The van der Waals surface area contributed by atoms with Gasteiger partial charge < -0.3 is 9.80 Å². The molecule has 0 saturated heterocycles. The van der Waals surface area contributed by atoms with Crippen molar-refractivity contribution in [3.8, 4) is 0 Å².